The number of rotatable bonds is 4. The first-order valence-electron chi connectivity index (χ1n) is 8.15. The number of benzene rings is 1. The maximum atomic E-state index is 6.30. The van der Waals surface area contributed by atoms with Gasteiger partial charge < -0.3 is 4.57 Å². The molecule has 0 fully saturated rings. The first-order valence-corrected chi connectivity index (χ1v) is 9.31. The van der Waals surface area contributed by atoms with Crippen LogP contribution in [0.1, 0.15) is 36.8 Å². The largest absolute Gasteiger partial charge is 0.346 e. The highest BCUT2D eigenvalue weighted by Crippen LogP contribution is 2.29. The molecule has 0 unspecified atom stereocenters. The van der Waals surface area contributed by atoms with Crippen LogP contribution in [0.4, 0.5) is 0 Å². The molecule has 3 rings (SSSR count). The van der Waals surface area contributed by atoms with Gasteiger partial charge in [-0.25, -0.2) is 5.10 Å². The topological polar surface area (TPSA) is 50.9 Å². The lowest BCUT2D eigenvalue weighted by atomic mass is 10.2. The molecule has 0 bridgehead atoms. The predicted molar refractivity (Wildman–Crippen MR) is 110 cm³/mol. The van der Waals surface area contributed by atoms with E-state index >= 15 is 0 Å². The lowest BCUT2D eigenvalue weighted by molar-refractivity contribution is 0.574. The van der Waals surface area contributed by atoms with Crippen molar-refractivity contribution in [2.45, 2.75) is 33.7 Å². The summed E-state index contributed by atoms with van der Waals surface area (Å²) in [7, 11) is 0. The van der Waals surface area contributed by atoms with E-state index in [4.69, 9.17) is 35.4 Å². The van der Waals surface area contributed by atoms with Crippen LogP contribution in [-0.2, 0) is 0 Å². The third-order valence-electron chi connectivity index (χ3n) is 4.17. The van der Waals surface area contributed by atoms with E-state index in [-0.39, 0.29) is 0 Å². The number of H-pyrrole nitrogens is 1. The first-order chi connectivity index (χ1) is 12.3. The Bertz CT molecular complexity index is 1040. The number of aryl methyl sites for hydroxylation is 1. The monoisotopic (exact) mass is 407 g/mol. The number of nitrogens with zero attached hydrogens (tertiary/aromatic N) is 4. The molecular weight excluding hydrogens is 389 g/mol. The van der Waals surface area contributed by atoms with E-state index < -0.39 is 0 Å². The lowest BCUT2D eigenvalue weighted by Gasteiger charge is -2.13. The summed E-state index contributed by atoms with van der Waals surface area (Å²) >= 11 is 17.7. The first kappa shape index (κ1) is 18.9. The van der Waals surface area contributed by atoms with Crippen LogP contribution in [0.15, 0.2) is 29.4 Å². The molecule has 2 heterocycles. The second kappa shape index (κ2) is 7.39. The standard InChI is InChI=1S/C18H19Cl2N5S/c1-10(2)24-11(3)7-13(12(24)4)9-21-25-17(22-23-18(25)26)15-8-14(19)5-6-16(15)20/h5-10H,1-4H3,(H,23,26)/b21-9-. The number of nitrogens with one attached hydrogen (secondary N) is 1. The van der Waals surface area contributed by atoms with Crippen LogP contribution < -0.4 is 0 Å². The van der Waals surface area contributed by atoms with Crippen LogP contribution in [0, 0.1) is 18.6 Å². The third-order valence-corrected chi connectivity index (χ3v) is 5.00. The molecule has 136 valence electrons. The molecular formula is C18H19Cl2N5S. The van der Waals surface area contributed by atoms with E-state index in [1.807, 2.05) is 0 Å². The quantitative estimate of drug-likeness (QED) is 0.438. The van der Waals surface area contributed by atoms with Crippen LogP contribution in [-0.4, -0.2) is 25.7 Å². The summed E-state index contributed by atoms with van der Waals surface area (Å²) in [6, 6.07) is 7.68. The van der Waals surface area contributed by atoms with Crippen LogP contribution in [0.3, 0.4) is 0 Å². The summed E-state index contributed by atoms with van der Waals surface area (Å²) in [6.07, 6.45) is 1.79. The minimum atomic E-state index is 0.380. The fourth-order valence-electron chi connectivity index (χ4n) is 3.09. The van der Waals surface area contributed by atoms with Crippen molar-refractivity contribution in [2.24, 2.45) is 5.10 Å². The Kier molecular flexibility index (Phi) is 5.37. The molecule has 0 spiro atoms. The molecule has 0 radical (unpaired) electrons. The van der Waals surface area contributed by atoms with Crippen LogP contribution >= 0.6 is 35.4 Å². The molecule has 8 heteroatoms. The molecule has 3 aromatic rings. The van der Waals surface area contributed by atoms with Crippen LogP contribution in [0.2, 0.25) is 10.0 Å². The van der Waals surface area contributed by atoms with Crippen molar-refractivity contribution in [3.8, 4) is 11.4 Å². The molecule has 26 heavy (non-hydrogen) atoms. The molecule has 0 aliphatic heterocycles. The summed E-state index contributed by atoms with van der Waals surface area (Å²) in [4.78, 5) is 0. The van der Waals surface area contributed by atoms with Gasteiger partial charge in [0.2, 0.25) is 4.77 Å². The minimum absolute atomic E-state index is 0.380. The van der Waals surface area contributed by atoms with Crippen molar-refractivity contribution < 1.29 is 0 Å². The Morgan fingerprint density at radius 1 is 1.23 bits per heavy atom. The second-order valence-corrected chi connectivity index (χ2v) is 7.55. The van der Waals surface area contributed by atoms with Crippen molar-refractivity contribution in [2.75, 3.05) is 0 Å². The zero-order valence-electron chi connectivity index (χ0n) is 14.9. The molecule has 1 N–H and O–H groups in total. The van der Waals surface area contributed by atoms with Gasteiger partial charge in [-0.05, 0) is 64.2 Å². The maximum absolute atomic E-state index is 6.30. The van der Waals surface area contributed by atoms with Crippen molar-refractivity contribution >= 4 is 41.6 Å². The second-order valence-electron chi connectivity index (χ2n) is 6.32. The normalized spacial score (nSPS) is 11.8. The Balaban J connectivity index is 2.06. The molecule has 2 aromatic heterocycles. The zero-order valence-corrected chi connectivity index (χ0v) is 17.2. The predicted octanol–water partition coefficient (Wildman–Crippen LogP) is 5.80. The van der Waals surface area contributed by atoms with E-state index in [0.717, 1.165) is 11.3 Å². The van der Waals surface area contributed by atoms with Gasteiger partial charge in [0.1, 0.15) is 0 Å². The maximum Gasteiger partial charge on any atom is 0.216 e. The van der Waals surface area contributed by atoms with E-state index in [9.17, 15) is 0 Å². The molecule has 0 aliphatic rings. The van der Waals surface area contributed by atoms with E-state index in [2.05, 4.69) is 53.6 Å². The molecule has 1 aromatic carbocycles. The average Bonchev–Trinajstić information content (AvgIpc) is 3.07. The van der Waals surface area contributed by atoms with Crippen molar-refractivity contribution in [3.63, 3.8) is 0 Å². The van der Waals surface area contributed by atoms with Gasteiger partial charge in [-0.2, -0.15) is 14.9 Å². The smallest absolute Gasteiger partial charge is 0.216 e. The molecule has 0 aliphatic carbocycles. The number of halogens is 2. The summed E-state index contributed by atoms with van der Waals surface area (Å²) in [6.45, 7) is 8.49. The van der Waals surface area contributed by atoms with Gasteiger partial charge >= 0.3 is 0 Å². The molecule has 0 saturated carbocycles. The Hall–Kier alpha value is -1.89. The Labute approximate surface area is 167 Å². The van der Waals surface area contributed by atoms with Crippen LogP contribution in [0.25, 0.3) is 11.4 Å². The fraction of sp³-hybridized carbons (Fsp3) is 0.278. The fourth-order valence-corrected chi connectivity index (χ4v) is 3.64. The number of aromatic amines is 1. The zero-order chi connectivity index (χ0) is 19.0. The van der Waals surface area contributed by atoms with Gasteiger partial charge in [0, 0.05) is 33.6 Å². The van der Waals surface area contributed by atoms with E-state index in [0.29, 0.717) is 32.2 Å². The van der Waals surface area contributed by atoms with Crippen LogP contribution in [0.5, 0.6) is 0 Å². The molecule has 0 amide bonds. The van der Waals surface area contributed by atoms with Gasteiger partial charge in [0.05, 0.1) is 11.2 Å². The average molecular weight is 408 g/mol. The molecule has 0 atom stereocenters. The third kappa shape index (κ3) is 3.49. The van der Waals surface area contributed by atoms with Gasteiger partial charge in [0.15, 0.2) is 5.82 Å². The van der Waals surface area contributed by atoms with Gasteiger partial charge in [-0.1, -0.05) is 23.2 Å². The lowest BCUT2D eigenvalue weighted by Crippen LogP contribution is -2.05. The number of hydrogen-bond acceptors (Lipinski definition) is 3. The highest BCUT2D eigenvalue weighted by molar-refractivity contribution is 7.71. The summed E-state index contributed by atoms with van der Waals surface area (Å²) in [5, 5.41) is 12.6. The highest BCUT2D eigenvalue weighted by Gasteiger charge is 2.14. The van der Waals surface area contributed by atoms with E-state index in [1.165, 1.54) is 5.69 Å². The van der Waals surface area contributed by atoms with Gasteiger partial charge in [-0.3, -0.25) is 0 Å². The van der Waals surface area contributed by atoms with Crippen molar-refractivity contribution in [1.82, 2.24) is 19.4 Å². The number of hydrogen-bond donors (Lipinski definition) is 1. The molecule has 5 nitrogen and oxygen atoms in total. The summed E-state index contributed by atoms with van der Waals surface area (Å²) in [5.41, 5.74) is 4.03. The van der Waals surface area contributed by atoms with Gasteiger partial charge in [-0.15, -0.1) is 0 Å². The summed E-state index contributed by atoms with van der Waals surface area (Å²) in [5.74, 6) is 0.511. The highest BCUT2D eigenvalue weighted by atomic mass is 35.5. The molecule has 0 saturated heterocycles. The van der Waals surface area contributed by atoms with E-state index in [1.54, 1.807) is 29.1 Å². The Morgan fingerprint density at radius 2 is 1.96 bits per heavy atom. The summed E-state index contributed by atoms with van der Waals surface area (Å²) < 4.78 is 4.20. The van der Waals surface area contributed by atoms with Crippen molar-refractivity contribution in [1.29, 1.82) is 0 Å². The number of aromatic nitrogens is 4. The Morgan fingerprint density at radius 3 is 2.62 bits per heavy atom. The SMILES string of the molecule is Cc1cc(/C=N\n2c(-c3cc(Cl)ccc3Cl)n[nH]c2=S)c(C)n1C(C)C. The van der Waals surface area contributed by atoms with Crippen molar-refractivity contribution in [3.05, 3.63) is 56.0 Å². The minimum Gasteiger partial charge on any atom is -0.346 e. The van der Waals surface area contributed by atoms with Gasteiger partial charge in [0.25, 0.3) is 0 Å².